The average Bonchev–Trinajstić information content (AvgIpc) is 2.85. The van der Waals surface area contributed by atoms with Gasteiger partial charge in [0, 0.05) is 31.2 Å². The van der Waals surface area contributed by atoms with E-state index in [-0.39, 0.29) is 12.5 Å². The highest BCUT2D eigenvalue weighted by molar-refractivity contribution is 5.65. The Bertz CT molecular complexity index is 520. The number of carbonyl (C=O) groups is 1. The monoisotopic (exact) mass is 243 g/mol. The van der Waals surface area contributed by atoms with E-state index >= 15 is 0 Å². The van der Waals surface area contributed by atoms with Crippen molar-refractivity contribution in [1.82, 2.24) is 9.55 Å². The maximum Gasteiger partial charge on any atom is 0.108 e. The van der Waals surface area contributed by atoms with Crippen LogP contribution in [-0.4, -0.2) is 15.5 Å². The largest absolute Gasteiger partial charge is 0.550 e. The van der Waals surface area contributed by atoms with Crippen molar-refractivity contribution in [2.45, 2.75) is 25.8 Å². The van der Waals surface area contributed by atoms with E-state index in [0.29, 0.717) is 0 Å². The first kappa shape index (κ1) is 12.4. The molecule has 0 saturated heterocycles. The van der Waals surface area contributed by atoms with Gasteiger partial charge in [-0.1, -0.05) is 37.3 Å². The Morgan fingerprint density at radius 2 is 2.11 bits per heavy atom. The molecular weight excluding hydrogens is 228 g/mol. The summed E-state index contributed by atoms with van der Waals surface area (Å²) in [4.78, 5) is 15.2. The lowest BCUT2D eigenvalue weighted by Gasteiger charge is -2.21. The van der Waals surface area contributed by atoms with E-state index in [9.17, 15) is 9.90 Å². The zero-order valence-corrected chi connectivity index (χ0v) is 10.2. The highest BCUT2D eigenvalue weighted by Crippen LogP contribution is 2.23. The van der Waals surface area contributed by atoms with Gasteiger partial charge in [0.2, 0.25) is 0 Å². The van der Waals surface area contributed by atoms with Gasteiger partial charge >= 0.3 is 0 Å². The number of nitrogens with zero attached hydrogens (tertiary/aromatic N) is 2. The zero-order chi connectivity index (χ0) is 13.0. The second-order valence-corrected chi connectivity index (χ2v) is 4.11. The Morgan fingerprint density at radius 3 is 2.72 bits per heavy atom. The molecule has 0 N–H and O–H groups in total. The van der Waals surface area contributed by atoms with Gasteiger partial charge < -0.3 is 14.5 Å². The number of rotatable bonds is 5. The molecule has 0 aliphatic rings. The van der Waals surface area contributed by atoms with Gasteiger partial charge in [0.15, 0.2) is 0 Å². The highest BCUT2D eigenvalue weighted by Gasteiger charge is 2.16. The van der Waals surface area contributed by atoms with E-state index in [1.165, 1.54) is 0 Å². The number of hydrogen-bond donors (Lipinski definition) is 0. The van der Waals surface area contributed by atoms with E-state index in [2.05, 4.69) is 4.98 Å². The first-order chi connectivity index (χ1) is 8.72. The van der Waals surface area contributed by atoms with Crippen molar-refractivity contribution < 1.29 is 9.90 Å². The van der Waals surface area contributed by atoms with Gasteiger partial charge in [0.05, 0.1) is 6.04 Å². The molecule has 0 saturated carbocycles. The molecular formula is C14H15N2O2-. The van der Waals surface area contributed by atoms with Crippen LogP contribution in [0.4, 0.5) is 0 Å². The van der Waals surface area contributed by atoms with Crippen LogP contribution in [0.1, 0.15) is 30.8 Å². The van der Waals surface area contributed by atoms with Crippen LogP contribution in [-0.2, 0) is 11.2 Å². The fourth-order valence-electron chi connectivity index (χ4n) is 2.11. The van der Waals surface area contributed by atoms with Crippen molar-refractivity contribution in [3.05, 3.63) is 54.1 Å². The third kappa shape index (κ3) is 2.59. The number of imidazole rings is 1. The molecule has 1 atom stereocenters. The van der Waals surface area contributed by atoms with Crippen molar-refractivity contribution >= 4 is 5.97 Å². The minimum Gasteiger partial charge on any atom is -0.550 e. The normalized spacial score (nSPS) is 12.3. The predicted octanol–water partition coefficient (Wildman–Crippen LogP) is 1.17. The standard InChI is InChI=1S/C14H16N2O2/c1-2-13-15-8-9-16(13)12(10-14(17)18)11-6-4-3-5-7-11/h3-9,12H,2,10H2,1H3,(H,17,18)/p-1. The maximum atomic E-state index is 10.9. The third-order valence-electron chi connectivity index (χ3n) is 2.95. The number of benzene rings is 1. The van der Waals surface area contributed by atoms with E-state index < -0.39 is 5.97 Å². The summed E-state index contributed by atoms with van der Waals surface area (Å²) >= 11 is 0. The SMILES string of the molecule is CCc1nccn1C(CC(=O)[O-])c1ccccc1. The van der Waals surface area contributed by atoms with E-state index in [1.807, 2.05) is 48.0 Å². The number of aromatic nitrogens is 2. The summed E-state index contributed by atoms with van der Waals surface area (Å²) in [6.07, 6.45) is 4.24. The molecule has 0 spiro atoms. The Kier molecular flexibility index (Phi) is 3.77. The number of aliphatic carboxylic acids is 1. The van der Waals surface area contributed by atoms with E-state index in [0.717, 1.165) is 17.8 Å². The summed E-state index contributed by atoms with van der Waals surface area (Å²) in [6, 6.07) is 9.31. The van der Waals surface area contributed by atoms with Crippen LogP contribution in [0.25, 0.3) is 0 Å². The fourth-order valence-corrected chi connectivity index (χ4v) is 2.11. The molecule has 0 bridgehead atoms. The molecule has 4 heteroatoms. The number of carboxylic acids is 1. The van der Waals surface area contributed by atoms with Crippen molar-refractivity contribution in [3.8, 4) is 0 Å². The molecule has 0 fully saturated rings. The Labute approximate surface area is 106 Å². The van der Waals surface area contributed by atoms with Crippen LogP contribution >= 0.6 is 0 Å². The highest BCUT2D eigenvalue weighted by atomic mass is 16.4. The number of aryl methyl sites for hydroxylation is 1. The van der Waals surface area contributed by atoms with Gasteiger partial charge in [0.1, 0.15) is 5.82 Å². The molecule has 0 radical (unpaired) electrons. The number of hydrogen-bond acceptors (Lipinski definition) is 3. The molecule has 1 heterocycles. The minimum absolute atomic E-state index is 0.0482. The Balaban J connectivity index is 2.40. The number of carboxylic acid groups (broad SMARTS) is 1. The van der Waals surface area contributed by atoms with Crippen LogP contribution < -0.4 is 5.11 Å². The van der Waals surface area contributed by atoms with Crippen LogP contribution in [0.2, 0.25) is 0 Å². The predicted molar refractivity (Wildman–Crippen MR) is 65.8 cm³/mol. The smallest absolute Gasteiger partial charge is 0.108 e. The van der Waals surface area contributed by atoms with Gasteiger partial charge in [-0.05, 0) is 5.56 Å². The molecule has 2 aromatic rings. The van der Waals surface area contributed by atoms with Gasteiger partial charge in [-0.25, -0.2) is 4.98 Å². The molecule has 1 unspecified atom stereocenters. The average molecular weight is 243 g/mol. The molecule has 18 heavy (non-hydrogen) atoms. The summed E-state index contributed by atoms with van der Waals surface area (Å²) < 4.78 is 1.91. The molecule has 0 amide bonds. The van der Waals surface area contributed by atoms with Gasteiger partial charge in [-0.2, -0.15) is 0 Å². The molecule has 4 nitrogen and oxygen atoms in total. The van der Waals surface area contributed by atoms with Crippen LogP contribution in [0, 0.1) is 0 Å². The lowest BCUT2D eigenvalue weighted by atomic mass is 10.0. The molecule has 94 valence electrons. The first-order valence-electron chi connectivity index (χ1n) is 5.99. The summed E-state index contributed by atoms with van der Waals surface area (Å²) in [5, 5.41) is 10.9. The second kappa shape index (κ2) is 5.49. The second-order valence-electron chi connectivity index (χ2n) is 4.11. The Morgan fingerprint density at radius 1 is 1.39 bits per heavy atom. The minimum atomic E-state index is -1.06. The fraction of sp³-hybridized carbons (Fsp3) is 0.286. The zero-order valence-electron chi connectivity index (χ0n) is 10.2. The van der Waals surface area contributed by atoms with Gasteiger partial charge in [0.25, 0.3) is 0 Å². The van der Waals surface area contributed by atoms with Gasteiger partial charge in [-0.3, -0.25) is 0 Å². The topological polar surface area (TPSA) is 58.0 Å². The molecule has 0 aliphatic heterocycles. The lowest BCUT2D eigenvalue weighted by molar-refractivity contribution is -0.306. The summed E-state index contributed by atoms with van der Waals surface area (Å²) in [5.41, 5.74) is 0.953. The van der Waals surface area contributed by atoms with Crippen molar-refractivity contribution in [1.29, 1.82) is 0 Å². The van der Waals surface area contributed by atoms with Gasteiger partial charge in [-0.15, -0.1) is 0 Å². The summed E-state index contributed by atoms with van der Waals surface area (Å²) in [6.45, 7) is 2.00. The first-order valence-corrected chi connectivity index (χ1v) is 5.99. The van der Waals surface area contributed by atoms with Crippen LogP contribution in [0.5, 0.6) is 0 Å². The third-order valence-corrected chi connectivity index (χ3v) is 2.95. The Hall–Kier alpha value is -2.10. The molecule has 0 aliphatic carbocycles. The van der Waals surface area contributed by atoms with Crippen LogP contribution in [0.3, 0.4) is 0 Å². The molecule has 2 rings (SSSR count). The van der Waals surface area contributed by atoms with Crippen molar-refractivity contribution in [2.75, 3.05) is 0 Å². The summed E-state index contributed by atoms with van der Waals surface area (Å²) in [5.74, 6) is -0.176. The number of carbonyl (C=O) groups excluding carboxylic acids is 1. The van der Waals surface area contributed by atoms with Crippen molar-refractivity contribution in [3.63, 3.8) is 0 Å². The van der Waals surface area contributed by atoms with E-state index in [1.54, 1.807) is 6.20 Å². The summed E-state index contributed by atoms with van der Waals surface area (Å²) in [7, 11) is 0. The quantitative estimate of drug-likeness (QED) is 0.792. The maximum absolute atomic E-state index is 10.9. The molecule has 1 aromatic carbocycles. The molecule has 1 aromatic heterocycles. The van der Waals surface area contributed by atoms with Crippen molar-refractivity contribution in [2.24, 2.45) is 0 Å². The van der Waals surface area contributed by atoms with E-state index in [4.69, 9.17) is 0 Å². The lowest BCUT2D eigenvalue weighted by Crippen LogP contribution is -2.27. The van der Waals surface area contributed by atoms with Crippen LogP contribution in [0.15, 0.2) is 42.7 Å².